The fourth-order valence-corrected chi connectivity index (χ4v) is 3.98. The fraction of sp³-hybridized carbons (Fsp3) is 0.667. The highest BCUT2D eigenvalue weighted by Gasteiger charge is 2.31. The Balaban J connectivity index is 2.14. The van der Waals surface area contributed by atoms with Gasteiger partial charge in [-0.1, -0.05) is 37.8 Å². The van der Waals surface area contributed by atoms with E-state index in [-0.39, 0.29) is 19.6 Å². The lowest BCUT2D eigenvalue weighted by atomic mass is 10.1. The van der Waals surface area contributed by atoms with Crippen molar-refractivity contribution in [1.82, 2.24) is 0 Å². The zero-order valence-corrected chi connectivity index (χ0v) is 19.8. The molecule has 0 aliphatic carbocycles. The lowest BCUT2D eigenvalue weighted by molar-refractivity contribution is -0.873. The van der Waals surface area contributed by atoms with E-state index in [2.05, 4.69) is 0 Å². The number of unbranched alkanes of at least 4 members (excludes halogenated alkanes) is 5. The SMILES string of the molecule is C[N+](C)(C)CC(CC(=O)O)OP(=O)(O)OCCCCCCCCOc1ccccc1N. The number of quaternary nitrogens is 1. The largest absolute Gasteiger partial charge is 0.491 e. The molecule has 31 heavy (non-hydrogen) atoms. The molecule has 9 nitrogen and oxygen atoms in total. The number of ether oxygens (including phenoxy) is 1. The minimum absolute atomic E-state index is 0.0916. The van der Waals surface area contributed by atoms with Crippen molar-refractivity contribution in [3.63, 3.8) is 0 Å². The molecule has 0 heterocycles. The van der Waals surface area contributed by atoms with Gasteiger partial charge in [0, 0.05) is 0 Å². The summed E-state index contributed by atoms with van der Waals surface area (Å²) in [4.78, 5) is 20.9. The molecule has 1 rings (SSSR count). The summed E-state index contributed by atoms with van der Waals surface area (Å²) in [5.74, 6) is -0.376. The van der Waals surface area contributed by atoms with Crippen LogP contribution in [0.4, 0.5) is 5.69 Å². The fourth-order valence-electron chi connectivity index (χ4n) is 3.04. The predicted molar refractivity (Wildman–Crippen MR) is 120 cm³/mol. The van der Waals surface area contributed by atoms with Crippen LogP contribution < -0.4 is 10.5 Å². The Hall–Kier alpha value is -1.64. The number of nitrogens with two attached hydrogens (primary N) is 1. The topological polar surface area (TPSA) is 128 Å². The summed E-state index contributed by atoms with van der Waals surface area (Å²) < 4.78 is 28.3. The highest BCUT2D eigenvalue weighted by atomic mass is 31.2. The smallest absolute Gasteiger partial charge is 0.472 e. The van der Waals surface area contributed by atoms with Crippen molar-refractivity contribution in [2.24, 2.45) is 0 Å². The van der Waals surface area contributed by atoms with Crippen molar-refractivity contribution in [3.8, 4) is 5.75 Å². The van der Waals surface area contributed by atoms with Gasteiger partial charge in [0.05, 0.1) is 46.5 Å². The van der Waals surface area contributed by atoms with Gasteiger partial charge >= 0.3 is 13.8 Å². The number of benzene rings is 1. The Labute approximate surface area is 185 Å². The Bertz CT molecular complexity index is 709. The number of carboxylic acids is 1. The first kappa shape index (κ1) is 27.4. The summed E-state index contributed by atoms with van der Waals surface area (Å²) in [6.45, 7) is 0.988. The normalized spacial score (nSPS) is 14.7. The number of likely N-dealkylation sites (N-methyl/N-ethyl adjacent to an activating group) is 1. The van der Waals surface area contributed by atoms with Crippen molar-refractivity contribution >= 4 is 19.5 Å². The molecular formula is C21H38N2O7P+. The van der Waals surface area contributed by atoms with Gasteiger partial charge in [-0.3, -0.25) is 13.8 Å². The molecule has 2 atom stereocenters. The summed E-state index contributed by atoms with van der Waals surface area (Å²) >= 11 is 0. The van der Waals surface area contributed by atoms with Crippen LogP contribution in [0.15, 0.2) is 24.3 Å². The highest BCUT2D eigenvalue weighted by Crippen LogP contribution is 2.45. The molecule has 178 valence electrons. The zero-order chi connectivity index (χ0) is 23.3. The number of carboxylic acid groups (broad SMARTS) is 1. The molecule has 0 aliphatic heterocycles. The predicted octanol–water partition coefficient (Wildman–Crippen LogP) is 3.67. The number of aliphatic carboxylic acids is 1. The van der Waals surface area contributed by atoms with Gasteiger partial charge in [-0.2, -0.15) is 0 Å². The quantitative estimate of drug-likeness (QED) is 0.139. The van der Waals surface area contributed by atoms with Gasteiger partial charge in [0.25, 0.3) is 0 Å². The van der Waals surface area contributed by atoms with E-state index in [4.69, 9.17) is 24.6 Å². The molecular weight excluding hydrogens is 423 g/mol. The lowest BCUT2D eigenvalue weighted by Gasteiger charge is -2.29. The number of rotatable bonds is 17. The molecule has 10 heteroatoms. The first-order chi connectivity index (χ1) is 14.5. The molecule has 0 saturated heterocycles. The third-order valence-corrected chi connectivity index (χ3v) is 5.48. The maximum Gasteiger partial charge on any atom is 0.472 e. The number of para-hydroxylation sites is 2. The first-order valence-corrected chi connectivity index (χ1v) is 12.1. The molecule has 1 aromatic carbocycles. The highest BCUT2D eigenvalue weighted by molar-refractivity contribution is 7.47. The van der Waals surface area contributed by atoms with Gasteiger partial charge in [-0.05, 0) is 25.0 Å². The van der Waals surface area contributed by atoms with Crippen LogP contribution in [0.1, 0.15) is 44.9 Å². The van der Waals surface area contributed by atoms with Crippen molar-refractivity contribution in [2.75, 3.05) is 46.6 Å². The number of nitrogen functional groups attached to an aromatic ring is 1. The second-order valence-corrected chi connectivity index (χ2v) is 10.0. The standard InChI is InChI=1S/C21H37N2O7P/c1-23(2,3)17-18(16-21(24)25)30-31(26,27)29-15-11-7-5-4-6-10-14-28-20-13-9-8-12-19(20)22/h8-9,12-13,18H,4-7,10-11,14-17,22H2,1-3H3,(H-,24,25,26,27)/p+1. The molecule has 1 aromatic rings. The number of nitrogens with zero attached hydrogens (tertiary/aromatic N) is 1. The Morgan fingerprint density at radius 3 is 2.23 bits per heavy atom. The van der Waals surface area contributed by atoms with E-state index in [1.54, 1.807) is 0 Å². The van der Waals surface area contributed by atoms with Crippen molar-refractivity contribution in [2.45, 2.75) is 51.0 Å². The van der Waals surface area contributed by atoms with Crippen LogP contribution in [-0.4, -0.2) is 67.5 Å². The summed E-state index contributed by atoms with van der Waals surface area (Å²) in [5.41, 5.74) is 6.46. The molecule has 0 spiro atoms. The lowest BCUT2D eigenvalue weighted by Crippen LogP contribution is -2.42. The van der Waals surface area contributed by atoms with Crippen LogP contribution in [-0.2, 0) is 18.4 Å². The summed E-state index contributed by atoms with van der Waals surface area (Å²) in [7, 11) is 1.26. The van der Waals surface area contributed by atoms with Gasteiger partial charge in [0.15, 0.2) is 0 Å². The molecule has 0 bridgehead atoms. The molecule has 0 aliphatic rings. The summed E-state index contributed by atoms with van der Waals surface area (Å²) in [5, 5.41) is 8.99. The molecule has 0 amide bonds. The zero-order valence-electron chi connectivity index (χ0n) is 18.9. The van der Waals surface area contributed by atoms with Gasteiger partial charge in [0.1, 0.15) is 18.4 Å². The van der Waals surface area contributed by atoms with E-state index in [0.29, 0.717) is 28.9 Å². The van der Waals surface area contributed by atoms with Crippen LogP contribution in [0, 0.1) is 0 Å². The molecule has 0 aromatic heterocycles. The number of phosphoric ester groups is 1. The Kier molecular flexibility index (Phi) is 12.1. The third kappa shape index (κ3) is 14.1. The van der Waals surface area contributed by atoms with Crippen LogP contribution in [0.3, 0.4) is 0 Å². The van der Waals surface area contributed by atoms with Gasteiger partial charge < -0.3 is 25.0 Å². The number of hydrogen-bond donors (Lipinski definition) is 3. The summed E-state index contributed by atoms with van der Waals surface area (Å²) in [6, 6.07) is 7.42. The van der Waals surface area contributed by atoms with Crippen molar-refractivity contribution < 1.29 is 37.6 Å². The molecule has 2 unspecified atom stereocenters. The van der Waals surface area contributed by atoms with Crippen LogP contribution in [0.2, 0.25) is 0 Å². The first-order valence-electron chi connectivity index (χ1n) is 10.6. The van der Waals surface area contributed by atoms with E-state index in [1.807, 2.05) is 45.4 Å². The van der Waals surface area contributed by atoms with E-state index in [0.717, 1.165) is 32.1 Å². The molecule has 0 saturated carbocycles. The van der Waals surface area contributed by atoms with Crippen molar-refractivity contribution in [3.05, 3.63) is 24.3 Å². The van der Waals surface area contributed by atoms with Crippen molar-refractivity contribution in [1.29, 1.82) is 0 Å². The van der Waals surface area contributed by atoms with Gasteiger partial charge in [0.2, 0.25) is 0 Å². The number of hydrogen-bond acceptors (Lipinski definition) is 6. The average Bonchev–Trinajstić information content (AvgIpc) is 2.62. The van der Waals surface area contributed by atoms with Crippen LogP contribution in [0.25, 0.3) is 0 Å². The maximum absolute atomic E-state index is 12.1. The van der Waals surface area contributed by atoms with E-state index in [1.165, 1.54) is 0 Å². The summed E-state index contributed by atoms with van der Waals surface area (Å²) in [6.07, 6.45) is 4.21. The maximum atomic E-state index is 12.1. The Morgan fingerprint density at radius 2 is 1.65 bits per heavy atom. The number of anilines is 1. The molecule has 0 radical (unpaired) electrons. The van der Waals surface area contributed by atoms with E-state index in [9.17, 15) is 14.3 Å². The number of phosphoric acid groups is 1. The monoisotopic (exact) mass is 461 g/mol. The minimum Gasteiger partial charge on any atom is -0.491 e. The molecule has 4 N–H and O–H groups in total. The van der Waals surface area contributed by atoms with E-state index >= 15 is 0 Å². The second kappa shape index (κ2) is 13.7. The van der Waals surface area contributed by atoms with Crippen LogP contribution in [0.5, 0.6) is 5.75 Å². The van der Waals surface area contributed by atoms with Crippen LogP contribution >= 0.6 is 7.82 Å². The Morgan fingerprint density at radius 1 is 1.06 bits per heavy atom. The molecule has 0 fully saturated rings. The third-order valence-electron chi connectivity index (χ3n) is 4.41. The second-order valence-electron chi connectivity index (χ2n) is 8.61. The van der Waals surface area contributed by atoms with Gasteiger partial charge in [-0.15, -0.1) is 0 Å². The van der Waals surface area contributed by atoms with Gasteiger partial charge in [-0.25, -0.2) is 4.57 Å². The number of carbonyl (C=O) groups is 1. The minimum atomic E-state index is -4.29. The average molecular weight is 462 g/mol. The van der Waals surface area contributed by atoms with E-state index < -0.39 is 19.9 Å².